The van der Waals surface area contributed by atoms with Crippen LogP contribution in [0.25, 0.3) is 10.9 Å². The van der Waals surface area contributed by atoms with E-state index in [1.807, 2.05) is 6.07 Å². The van der Waals surface area contributed by atoms with Gasteiger partial charge in [-0.05, 0) is 41.5 Å². The van der Waals surface area contributed by atoms with E-state index in [2.05, 4.69) is 19.7 Å². The van der Waals surface area contributed by atoms with E-state index in [-0.39, 0.29) is 23.8 Å². The minimum atomic E-state index is -3.90. The number of ether oxygens (including phenoxy) is 3. The topological polar surface area (TPSA) is 112 Å². The zero-order valence-electron chi connectivity index (χ0n) is 22.8. The Bertz CT molecular complexity index is 1840. The van der Waals surface area contributed by atoms with Gasteiger partial charge in [-0.15, -0.1) is 4.40 Å². The molecule has 0 fully saturated rings. The molecular weight excluding hydrogens is 559 g/mol. The van der Waals surface area contributed by atoms with Crippen LogP contribution in [0.5, 0.6) is 23.0 Å². The van der Waals surface area contributed by atoms with E-state index in [0.717, 1.165) is 5.56 Å². The normalized spacial score (nSPS) is 11.7. The van der Waals surface area contributed by atoms with Crippen molar-refractivity contribution < 1.29 is 27.0 Å². The highest BCUT2D eigenvalue weighted by Gasteiger charge is 2.16. The molecule has 2 aromatic heterocycles. The zero-order chi connectivity index (χ0) is 29.5. The summed E-state index contributed by atoms with van der Waals surface area (Å²) in [5, 5.41) is 3.57. The van der Waals surface area contributed by atoms with Crippen molar-refractivity contribution in [1.29, 1.82) is 0 Å². The van der Waals surface area contributed by atoms with Gasteiger partial charge in [0, 0.05) is 48.2 Å². The summed E-state index contributed by atoms with van der Waals surface area (Å²) in [5.41, 5.74) is 2.21. The Hall–Kier alpha value is -5.03. The second-order valence-corrected chi connectivity index (χ2v) is 10.8. The fourth-order valence-electron chi connectivity index (χ4n) is 4.26. The van der Waals surface area contributed by atoms with Gasteiger partial charge in [0.15, 0.2) is 23.1 Å². The first-order valence-electron chi connectivity index (χ1n) is 12.8. The van der Waals surface area contributed by atoms with Gasteiger partial charge >= 0.3 is 0 Å². The molecule has 0 bridgehead atoms. The zero-order valence-corrected chi connectivity index (χ0v) is 23.6. The van der Waals surface area contributed by atoms with Gasteiger partial charge in [0.05, 0.1) is 25.5 Å². The molecule has 11 heteroatoms. The van der Waals surface area contributed by atoms with Gasteiger partial charge in [-0.1, -0.05) is 36.4 Å². The van der Waals surface area contributed by atoms with E-state index in [1.165, 1.54) is 26.4 Å². The number of benzene rings is 3. The molecule has 0 aliphatic heterocycles. The number of nitrogens with one attached hydrogen (secondary N) is 1. The second kappa shape index (κ2) is 12.6. The Labute approximate surface area is 242 Å². The van der Waals surface area contributed by atoms with Crippen molar-refractivity contribution in [2.24, 2.45) is 4.40 Å². The van der Waals surface area contributed by atoms with Crippen LogP contribution in [0, 0.1) is 5.82 Å². The van der Waals surface area contributed by atoms with E-state index < -0.39 is 15.8 Å². The molecule has 0 saturated carbocycles. The molecule has 42 heavy (non-hydrogen) atoms. The molecule has 5 aromatic rings. The van der Waals surface area contributed by atoms with Crippen molar-refractivity contribution in [2.45, 2.75) is 12.2 Å². The summed E-state index contributed by atoms with van der Waals surface area (Å²) in [6.07, 6.45) is 4.92. The van der Waals surface area contributed by atoms with Gasteiger partial charge in [0.25, 0.3) is 10.0 Å². The van der Waals surface area contributed by atoms with E-state index in [9.17, 15) is 8.42 Å². The van der Waals surface area contributed by atoms with Crippen LogP contribution in [-0.4, -0.2) is 38.4 Å². The predicted molar refractivity (Wildman–Crippen MR) is 159 cm³/mol. The molecule has 0 unspecified atom stereocenters. The van der Waals surface area contributed by atoms with Crippen LogP contribution in [0.1, 0.15) is 11.1 Å². The largest absolute Gasteiger partial charge is 0.493 e. The average molecular weight is 587 g/mol. The molecule has 9 nitrogen and oxygen atoms in total. The molecule has 1 N–H and O–H groups in total. The highest BCUT2D eigenvalue weighted by Crippen LogP contribution is 2.37. The molecule has 0 aliphatic rings. The quantitative estimate of drug-likeness (QED) is 0.153. The van der Waals surface area contributed by atoms with Gasteiger partial charge in [-0.3, -0.25) is 9.97 Å². The maximum Gasteiger partial charge on any atom is 0.258 e. The Morgan fingerprint density at radius 1 is 0.857 bits per heavy atom. The monoisotopic (exact) mass is 586 g/mol. The number of fused-ring (bicyclic) bond motifs is 1. The fraction of sp³-hybridized carbons (Fsp3) is 0.129. The van der Waals surface area contributed by atoms with Crippen LogP contribution >= 0.6 is 0 Å². The van der Waals surface area contributed by atoms with Crippen molar-refractivity contribution >= 4 is 32.4 Å². The Kier molecular flexibility index (Phi) is 8.58. The van der Waals surface area contributed by atoms with Gasteiger partial charge in [0.2, 0.25) is 0 Å². The summed E-state index contributed by atoms with van der Waals surface area (Å²) in [5.74, 6) is 0.489. The molecule has 0 aliphatic carbocycles. The lowest BCUT2D eigenvalue weighted by Gasteiger charge is -2.14. The molecule has 214 valence electrons. The van der Waals surface area contributed by atoms with Crippen LogP contribution in [0.4, 0.5) is 10.1 Å². The summed E-state index contributed by atoms with van der Waals surface area (Å²) in [6, 6.07) is 21.6. The number of nitrogens with zero attached hydrogens (tertiary/aromatic N) is 3. The highest BCUT2D eigenvalue weighted by molar-refractivity contribution is 7.89. The highest BCUT2D eigenvalue weighted by atomic mass is 32.2. The Morgan fingerprint density at radius 3 is 2.33 bits per heavy atom. The van der Waals surface area contributed by atoms with Gasteiger partial charge in [-0.2, -0.15) is 0 Å². The van der Waals surface area contributed by atoms with Crippen LogP contribution < -0.4 is 19.5 Å². The first-order chi connectivity index (χ1) is 20.3. The molecular formula is C31H27FN4O5S. The lowest BCUT2D eigenvalue weighted by molar-refractivity contribution is 0.355. The van der Waals surface area contributed by atoms with Gasteiger partial charge in [0.1, 0.15) is 11.6 Å². The van der Waals surface area contributed by atoms with Crippen molar-refractivity contribution in [3.05, 3.63) is 114 Å². The average Bonchev–Trinajstić information content (AvgIpc) is 2.98. The Morgan fingerprint density at radius 2 is 1.62 bits per heavy atom. The first kappa shape index (κ1) is 28.5. The molecule has 3 aromatic carbocycles. The standard InChI is InChI=1S/C31H27FN4O5S/c1-39-29-17-24-26(18-30(29)40-2)34-14-12-27(24)41-28-11-10-23(16-25(28)32)35-31(15-22-9-6-13-33-19-22)36-42(37,38)20-21-7-4-3-5-8-21/h3-14,16-19H,15,20H2,1-2H3,(H,35,36). The van der Waals surface area contributed by atoms with Crippen molar-refractivity contribution in [3.8, 4) is 23.0 Å². The SMILES string of the molecule is COc1cc2nccc(Oc3ccc(NC(Cc4cccnc4)=NS(=O)(=O)Cc4ccccc4)cc3F)c2cc1OC. The number of pyridine rings is 2. The molecule has 0 spiro atoms. The van der Waals surface area contributed by atoms with Crippen LogP contribution in [0.2, 0.25) is 0 Å². The minimum absolute atomic E-state index is 0.0368. The summed E-state index contributed by atoms with van der Waals surface area (Å²) in [4.78, 5) is 8.43. The van der Waals surface area contributed by atoms with Gasteiger partial charge in [-0.25, -0.2) is 12.8 Å². The lowest BCUT2D eigenvalue weighted by Crippen LogP contribution is -2.18. The predicted octanol–water partition coefficient (Wildman–Crippen LogP) is 6.16. The Balaban J connectivity index is 1.41. The van der Waals surface area contributed by atoms with E-state index in [0.29, 0.717) is 39.4 Å². The number of rotatable bonds is 10. The molecule has 2 heterocycles. The molecule has 0 saturated heterocycles. The molecule has 0 atom stereocenters. The van der Waals surface area contributed by atoms with Crippen molar-refractivity contribution in [2.75, 3.05) is 19.5 Å². The minimum Gasteiger partial charge on any atom is -0.493 e. The third-order valence-electron chi connectivity index (χ3n) is 6.18. The molecule has 0 amide bonds. The van der Waals surface area contributed by atoms with Crippen LogP contribution in [0.15, 0.2) is 102 Å². The number of amidine groups is 1. The van der Waals surface area contributed by atoms with Crippen molar-refractivity contribution in [1.82, 2.24) is 9.97 Å². The summed E-state index contributed by atoms with van der Waals surface area (Å²) < 4.78 is 61.9. The third-order valence-corrected chi connectivity index (χ3v) is 7.38. The molecule has 0 radical (unpaired) electrons. The van der Waals surface area contributed by atoms with E-state index in [4.69, 9.17) is 14.2 Å². The van der Waals surface area contributed by atoms with Crippen molar-refractivity contribution in [3.63, 3.8) is 0 Å². The maximum absolute atomic E-state index is 15.3. The number of halogens is 1. The number of hydrogen-bond donors (Lipinski definition) is 1. The second-order valence-electron chi connectivity index (χ2n) is 9.19. The molecule has 5 rings (SSSR count). The van der Waals surface area contributed by atoms with Crippen LogP contribution in [0.3, 0.4) is 0 Å². The maximum atomic E-state index is 15.3. The summed E-state index contributed by atoms with van der Waals surface area (Å²) in [6.45, 7) is 0. The smallest absolute Gasteiger partial charge is 0.258 e. The van der Waals surface area contributed by atoms with Crippen LogP contribution in [-0.2, 0) is 22.2 Å². The fourth-order valence-corrected chi connectivity index (χ4v) is 5.39. The third kappa shape index (κ3) is 6.99. The number of aromatic nitrogens is 2. The summed E-state index contributed by atoms with van der Waals surface area (Å²) in [7, 11) is -0.856. The van der Waals surface area contributed by atoms with E-state index in [1.54, 1.807) is 79.3 Å². The number of methoxy groups -OCH3 is 2. The lowest BCUT2D eigenvalue weighted by atomic mass is 10.1. The number of sulfonamides is 1. The first-order valence-corrected chi connectivity index (χ1v) is 14.4. The number of anilines is 1. The number of hydrogen-bond acceptors (Lipinski definition) is 7. The van der Waals surface area contributed by atoms with Gasteiger partial charge < -0.3 is 19.5 Å². The van der Waals surface area contributed by atoms with E-state index >= 15 is 4.39 Å². The summed E-state index contributed by atoms with van der Waals surface area (Å²) >= 11 is 0.